The van der Waals surface area contributed by atoms with Gasteiger partial charge in [-0.2, -0.15) is 0 Å². The maximum absolute atomic E-state index is 10.3. The van der Waals surface area contributed by atoms with Crippen LogP contribution in [0.4, 0.5) is 0 Å². The summed E-state index contributed by atoms with van der Waals surface area (Å²) in [7, 11) is 0. The Morgan fingerprint density at radius 2 is 2.09 bits per heavy atom. The molecule has 0 aromatic rings. The Morgan fingerprint density at radius 1 is 1.36 bits per heavy atom. The van der Waals surface area contributed by atoms with E-state index in [0.717, 1.165) is 0 Å². The molecule has 0 fully saturated rings. The van der Waals surface area contributed by atoms with Gasteiger partial charge in [0.25, 0.3) is 0 Å². The largest absolute Gasteiger partial charge is 0.476 e. The van der Waals surface area contributed by atoms with E-state index >= 15 is 0 Å². The van der Waals surface area contributed by atoms with Crippen LogP contribution in [-0.2, 0) is 4.79 Å². The first-order valence-corrected chi connectivity index (χ1v) is 2.96. The number of rotatable bonds is 1. The molecule has 0 spiro atoms. The predicted molar refractivity (Wildman–Crippen MR) is 41.8 cm³/mol. The number of allylic oxidation sites excluding steroid dienone is 2. The summed E-state index contributed by atoms with van der Waals surface area (Å²) in [5.74, 6) is -1.08. The molecular weight excluding hydrogens is 144 g/mol. The van der Waals surface area contributed by atoms with Crippen LogP contribution in [0.1, 0.15) is 0 Å². The first kappa shape index (κ1) is 7.40. The van der Waals surface area contributed by atoms with Crippen molar-refractivity contribution in [2.45, 2.75) is 0 Å². The molecule has 0 radical (unpaired) electrons. The van der Waals surface area contributed by atoms with Crippen LogP contribution >= 0.6 is 0 Å². The highest BCUT2D eigenvalue weighted by atomic mass is 16.4. The lowest BCUT2D eigenvalue weighted by atomic mass is 10.4. The van der Waals surface area contributed by atoms with Crippen molar-refractivity contribution in [3.63, 3.8) is 0 Å². The second-order valence-corrected chi connectivity index (χ2v) is 1.78. The number of carboxylic acids is 1. The average molecular weight is 150 g/mol. The minimum Gasteiger partial charge on any atom is -0.476 e. The Bertz CT molecular complexity index is 274. The Balaban J connectivity index is 2.87. The van der Waals surface area contributed by atoms with Gasteiger partial charge in [-0.05, 0) is 12.2 Å². The minimum absolute atomic E-state index is 0.0643. The van der Waals surface area contributed by atoms with Gasteiger partial charge in [0.15, 0.2) is 5.71 Å². The highest BCUT2D eigenvalue weighted by Crippen LogP contribution is 1.87. The molecule has 11 heavy (non-hydrogen) atoms. The zero-order valence-corrected chi connectivity index (χ0v) is 5.64. The van der Waals surface area contributed by atoms with Crippen LogP contribution in [-0.4, -0.2) is 23.0 Å². The zero-order valence-electron chi connectivity index (χ0n) is 5.64. The lowest BCUT2D eigenvalue weighted by Gasteiger charge is -1.90. The van der Waals surface area contributed by atoms with Gasteiger partial charge < -0.3 is 5.11 Å². The van der Waals surface area contributed by atoms with Gasteiger partial charge in [-0.3, -0.25) is 4.99 Å². The lowest BCUT2D eigenvalue weighted by Crippen LogP contribution is -2.13. The number of nitrogens with zero attached hydrogens (tertiary/aromatic N) is 2. The number of carboxylic acid groups (broad SMARTS) is 1. The van der Waals surface area contributed by atoms with E-state index in [2.05, 4.69) is 9.98 Å². The highest BCUT2D eigenvalue weighted by molar-refractivity contribution is 6.59. The van der Waals surface area contributed by atoms with Crippen LogP contribution < -0.4 is 0 Å². The summed E-state index contributed by atoms with van der Waals surface area (Å²) < 4.78 is 0. The van der Waals surface area contributed by atoms with Crippen molar-refractivity contribution < 1.29 is 9.90 Å². The highest BCUT2D eigenvalue weighted by Gasteiger charge is 2.03. The van der Waals surface area contributed by atoms with Gasteiger partial charge >= 0.3 is 5.97 Å². The van der Waals surface area contributed by atoms with Gasteiger partial charge in [0, 0.05) is 12.4 Å². The fourth-order valence-corrected chi connectivity index (χ4v) is 0.530. The van der Waals surface area contributed by atoms with Crippen molar-refractivity contribution in [1.82, 2.24) is 0 Å². The molecule has 0 unspecified atom stereocenters. The van der Waals surface area contributed by atoms with Gasteiger partial charge in [-0.1, -0.05) is 0 Å². The normalized spacial score (nSPS) is 15.5. The van der Waals surface area contributed by atoms with Crippen molar-refractivity contribution in [1.29, 1.82) is 0 Å². The van der Waals surface area contributed by atoms with Gasteiger partial charge in [0.1, 0.15) is 0 Å². The maximum atomic E-state index is 10.3. The maximum Gasteiger partial charge on any atom is 0.356 e. The predicted octanol–water partition coefficient (Wildman–Crippen LogP) is 0.624. The SMILES string of the molecule is O=C(O)C1=NC=CC=CN=C1. The summed E-state index contributed by atoms with van der Waals surface area (Å²) >= 11 is 0. The third-order valence-corrected chi connectivity index (χ3v) is 0.999. The van der Waals surface area contributed by atoms with Crippen LogP contribution in [0.25, 0.3) is 0 Å². The molecule has 1 rings (SSSR count). The van der Waals surface area contributed by atoms with Crippen molar-refractivity contribution >= 4 is 17.9 Å². The Hall–Kier alpha value is -1.71. The molecule has 0 amide bonds. The molecule has 0 aliphatic carbocycles. The zero-order chi connectivity index (χ0) is 8.10. The van der Waals surface area contributed by atoms with Gasteiger partial charge in [0.05, 0.1) is 6.21 Å². The van der Waals surface area contributed by atoms with E-state index in [9.17, 15) is 4.79 Å². The fourth-order valence-electron chi connectivity index (χ4n) is 0.530. The second kappa shape index (κ2) is 3.46. The van der Waals surface area contributed by atoms with E-state index in [0.29, 0.717) is 0 Å². The Labute approximate surface area is 63.3 Å². The van der Waals surface area contributed by atoms with Gasteiger partial charge in [0.2, 0.25) is 0 Å². The van der Waals surface area contributed by atoms with E-state index in [1.807, 2.05) is 0 Å². The quantitative estimate of drug-likeness (QED) is 0.595. The summed E-state index contributed by atoms with van der Waals surface area (Å²) in [6, 6.07) is 0. The smallest absolute Gasteiger partial charge is 0.356 e. The topological polar surface area (TPSA) is 62.0 Å². The van der Waals surface area contributed by atoms with Crippen LogP contribution in [0.2, 0.25) is 0 Å². The Morgan fingerprint density at radius 3 is 2.82 bits per heavy atom. The Kier molecular flexibility index (Phi) is 2.32. The molecule has 1 N–H and O–H groups in total. The summed E-state index contributed by atoms with van der Waals surface area (Å²) in [6.45, 7) is 0. The summed E-state index contributed by atoms with van der Waals surface area (Å²) in [6.07, 6.45) is 7.37. The van der Waals surface area contributed by atoms with Crippen molar-refractivity contribution in [3.8, 4) is 0 Å². The average Bonchev–Trinajstić information content (AvgIpc) is 1.84. The van der Waals surface area contributed by atoms with Crippen LogP contribution in [0, 0.1) is 0 Å². The molecule has 0 aromatic carbocycles. The molecular formula is C7H6N2O2. The number of aliphatic imine (C=N–C) groups is 2. The van der Waals surface area contributed by atoms with E-state index in [1.54, 1.807) is 12.2 Å². The first-order valence-electron chi connectivity index (χ1n) is 2.96. The summed E-state index contributed by atoms with van der Waals surface area (Å²) in [5, 5.41) is 8.48. The molecule has 0 aromatic heterocycles. The van der Waals surface area contributed by atoms with Crippen molar-refractivity contribution in [2.24, 2.45) is 9.98 Å². The lowest BCUT2D eigenvalue weighted by molar-refractivity contribution is -0.129. The molecule has 0 bridgehead atoms. The summed E-state index contributed by atoms with van der Waals surface area (Å²) in [4.78, 5) is 17.6. The van der Waals surface area contributed by atoms with Crippen molar-refractivity contribution in [3.05, 3.63) is 24.6 Å². The number of aliphatic carboxylic acids is 1. The van der Waals surface area contributed by atoms with Gasteiger partial charge in [-0.15, -0.1) is 0 Å². The molecule has 0 saturated carbocycles. The molecule has 1 aliphatic rings. The monoisotopic (exact) mass is 150 g/mol. The van der Waals surface area contributed by atoms with E-state index in [-0.39, 0.29) is 5.71 Å². The minimum atomic E-state index is -1.08. The molecule has 56 valence electrons. The molecule has 1 heterocycles. The third kappa shape index (κ3) is 2.17. The standard InChI is InChI=1S/C7H6N2O2/c10-7(11)6-5-8-3-1-2-4-9-6/h1-5H,(H,10,11). The van der Waals surface area contributed by atoms with E-state index in [1.165, 1.54) is 18.6 Å². The van der Waals surface area contributed by atoms with Crippen LogP contribution in [0.15, 0.2) is 34.5 Å². The third-order valence-electron chi connectivity index (χ3n) is 0.999. The number of carbonyl (C=O) groups is 1. The second-order valence-electron chi connectivity index (χ2n) is 1.78. The molecule has 4 heteroatoms. The number of hydrogen-bond donors (Lipinski definition) is 1. The molecule has 4 nitrogen and oxygen atoms in total. The van der Waals surface area contributed by atoms with Crippen LogP contribution in [0.5, 0.6) is 0 Å². The van der Waals surface area contributed by atoms with E-state index < -0.39 is 5.97 Å². The molecule has 0 saturated heterocycles. The summed E-state index contributed by atoms with van der Waals surface area (Å²) in [5.41, 5.74) is -0.0643. The fraction of sp³-hybridized carbons (Fsp3) is 0. The van der Waals surface area contributed by atoms with Crippen molar-refractivity contribution in [2.75, 3.05) is 0 Å². The van der Waals surface area contributed by atoms with E-state index in [4.69, 9.17) is 5.11 Å². The number of hydrogen-bond acceptors (Lipinski definition) is 3. The molecule has 1 aliphatic heterocycles. The molecule has 0 atom stereocenters. The van der Waals surface area contributed by atoms with Gasteiger partial charge in [-0.25, -0.2) is 9.79 Å². The first-order chi connectivity index (χ1) is 5.30. The van der Waals surface area contributed by atoms with Crippen LogP contribution in [0.3, 0.4) is 0 Å².